The number of fused-ring (bicyclic) bond motifs is 2. The molecule has 1 aromatic carbocycles. The van der Waals surface area contributed by atoms with E-state index in [2.05, 4.69) is 15.6 Å². The number of nitrogens with one attached hydrogen (secondary N) is 2. The standard InChI is InChI=1S/C19H35N.C14H16N4O3/c1-3-9-16(10-4-1)19(17-11-5-2-6-12-17)15-18-13-7-8-14-20-18;15-12(19)2-1-5-21-10-3-4-11-9(6-10)7-18-8-13(20)17-14(18)16-11/h16-20H,1-15H2;3-4,6H,1-2,5,7-8H2,(H2,15,19)(H,16,17,20). The van der Waals surface area contributed by atoms with Gasteiger partial charge in [0.15, 0.2) is 0 Å². The molecule has 4 N–H and O–H groups in total. The number of hydrogen-bond acceptors (Lipinski definition) is 6. The molecule has 1 unspecified atom stereocenters. The maximum Gasteiger partial charge on any atom is 0.246 e. The smallest absolute Gasteiger partial charge is 0.246 e. The molecule has 1 aromatic rings. The van der Waals surface area contributed by atoms with Crippen molar-refractivity contribution in [1.82, 2.24) is 15.5 Å². The molecule has 0 aromatic heterocycles. The molecule has 2 saturated carbocycles. The average molecular weight is 566 g/mol. The summed E-state index contributed by atoms with van der Waals surface area (Å²) in [4.78, 5) is 28.3. The number of benzene rings is 1. The van der Waals surface area contributed by atoms with Crippen molar-refractivity contribution in [3.63, 3.8) is 0 Å². The normalized spacial score (nSPS) is 23.1. The predicted molar refractivity (Wildman–Crippen MR) is 163 cm³/mol. The molecule has 0 bridgehead atoms. The van der Waals surface area contributed by atoms with Gasteiger partial charge in [0, 0.05) is 24.6 Å². The van der Waals surface area contributed by atoms with Gasteiger partial charge in [-0.15, -0.1) is 0 Å². The second kappa shape index (κ2) is 15.0. The van der Waals surface area contributed by atoms with Crippen LogP contribution in [0, 0.1) is 17.8 Å². The molecule has 5 aliphatic rings. The minimum atomic E-state index is -0.322. The summed E-state index contributed by atoms with van der Waals surface area (Å²) in [6, 6.07) is 6.48. The first-order valence-electron chi connectivity index (χ1n) is 16.5. The molecule has 8 heteroatoms. The van der Waals surface area contributed by atoms with Crippen LogP contribution in [-0.4, -0.2) is 48.4 Å². The molecule has 2 saturated heterocycles. The number of aliphatic imine (C=N–C) groups is 1. The summed E-state index contributed by atoms with van der Waals surface area (Å²) in [6.07, 6.45) is 22.1. The number of amides is 2. The summed E-state index contributed by atoms with van der Waals surface area (Å²) in [5, 5.41) is 6.55. The van der Waals surface area contributed by atoms with Gasteiger partial charge in [-0.05, 0) is 68.2 Å². The van der Waals surface area contributed by atoms with E-state index in [4.69, 9.17) is 10.5 Å². The first-order valence-corrected chi connectivity index (χ1v) is 16.5. The fraction of sp³-hybridized carbons (Fsp3) is 0.727. The van der Waals surface area contributed by atoms with E-state index in [0.717, 1.165) is 40.8 Å². The van der Waals surface area contributed by atoms with Crippen LogP contribution in [0.25, 0.3) is 0 Å². The molecule has 0 radical (unpaired) electrons. The fourth-order valence-electron chi connectivity index (χ4n) is 7.71. The Morgan fingerprint density at radius 2 is 1.68 bits per heavy atom. The van der Waals surface area contributed by atoms with Gasteiger partial charge in [0.25, 0.3) is 0 Å². The lowest BCUT2D eigenvalue weighted by atomic mass is 9.67. The van der Waals surface area contributed by atoms with Gasteiger partial charge >= 0.3 is 0 Å². The number of nitrogens with two attached hydrogens (primary N) is 1. The zero-order valence-electron chi connectivity index (χ0n) is 24.9. The van der Waals surface area contributed by atoms with Crippen molar-refractivity contribution in [2.45, 2.75) is 115 Å². The van der Waals surface area contributed by atoms with Crippen LogP contribution < -0.4 is 21.1 Å². The zero-order chi connectivity index (χ0) is 28.4. The fourth-order valence-corrected chi connectivity index (χ4v) is 7.71. The minimum Gasteiger partial charge on any atom is -0.494 e. The van der Waals surface area contributed by atoms with Gasteiger partial charge in [0.05, 0.1) is 12.3 Å². The van der Waals surface area contributed by atoms with Crippen LogP contribution in [0.15, 0.2) is 23.2 Å². The first-order chi connectivity index (χ1) is 20.0. The van der Waals surface area contributed by atoms with Crippen LogP contribution >= 0.6 is 0 Å². The van der Waals surface area contributed by atoms with Gasteiger partial charge in [-0.25, -0.2) is 4.99 Å². The maximum atomic E-state index is 11.4. The van der Waals surface area contributed by atoms with E-state index in [9.17, 15) is 9.59 Å². The quantitative estimate of drug-likeness (QED) is 0.340. The molecule has 3 aliphatic heterocycles. The summed E-state index contributed by atoms with van der Waals surface area (Å²) in [5.74, 6) is 4.21. The summed E-state index contributed by atoms with van der Waals surface area (Å²) in [6.45, 7) is 2.69. The molecular formula is C33H51N5O3. The van der Waals surface area contributed by atoms with Gasteiger partial charge in [0.1, 0.15) is 12.3 Å². The monoisotopic (exact) mass is 565 g/mol. The van der Waals surface area contributed by atoms with E-state index in [1.807, 2.05) is 23.1 Å². The van der Waals surface area contributed by atoms with E-state index in [-0.39, 0.29) is 11.8 Å². The highest BCUT2D eigenvalue weighted by Crippen LogP contribution is 2.42. The molecule has 6 rings (SSSR count). The Balaban J connectivity index is 0.000000165. The molecule has 4 fully saturated rings. The summed E-state index contributed by atoms with van der Waals surface area (Å²) < 4.78 is 5.60. The molecule has 41 heavy (non-hydrogen) atoms. The third-order valence-electron chi connectivity index (χ3n) is 9.84. The Hall–Kier alpha value is -2.61. The second-order valence-electron chi connectivity index (χ2n) is 12.9. The van der Waals surface area contributed by atoms with E-state index >= 15 is 0 Å². The van der Waals surface area contributed by atoms with Crippen molar-refractivity contribution < 1.29 is 14.3 Å². The molecule has 2 aliphatic carbocycles. The Morgan fingerprint density at radius 3 is 2.34 bits per heavy atom. The number of hydrogen-bond donors (Lipinski definition) is 3. The van der Waals surface area contributed by atoms with Crippen LogP contribution in [0.3, 0.4) is 0 Å². The van der Waals surface area contributed by atoms with E-state index in [0.29, 0.717) is 38.5 Å². The number of nitrogens with zero attached hydrogens (tertiary/aromatic N) is 2. The number of piperidine rings is 1. The lowest BCUT2D eigenvalue weighted by Gasteiger charge is -2.40. The van der Waals surface area contributed by atoms with Gasteiger partial charge in [-0.2, -0.15) is 0 Å². The van der Waals surface area contributed by atoms with Crippen molar-refractivity contribution in [2.24, 2.45) is 28.5 Å². The van der Waals surface area contributed by atoms with Gasteiger partial charge in [-0.3, -0.25) is 14.9 Å². The molecule has 2 amide bonds. The third kappa shape index (κ3) is 8.69. The molecular weight excluding hydrogens is 514 g/mol. The summed E-state index contributed by atoms with van der Waals surface area (Å²) >= 11 is 0. The van der Waals surface area contributed by atoms with Crippen molar-refractivity contribution in [3.8, 4) is 5.75 Å². The Labute approximate surface area is 246 Å². The van der Waals surface area contributed by atoms with Crippen LogP contribution in [0.1, 0.15) is 108 Å². The maximum absolute atomic E-state index is 11.4. The van der Waals surface area contributed by atoms with Gasteiger partial charge < -0.3 is 20.7 Å². The number of ether oxygens (including phenoxy) is 1. The highest BCUT2D eigenvalue weighted by atomic mass is 16.5. The van der Waals surface area contributed by atoms with Gasteiger partial charge in [0.2, 0.25) is 17.8 Å². The Bertz CT molecular complexity index is 1020. The number of carbonyl (C=O) groups excluding carboxylic acids is 2. The summed E-state index contributed by atoms with van der Waals surface area (Å²) in [7, 11) is 0. The van der Waals surface area contributed by atoms with Crippen LogP contribution in [-0.2, 0) is 16.1 Å². The van der Waals surface area contributed by atoms with Crippen molar-refractivity contribution in [1.29, 1.82) is 0 Å². The number of rotatable bonds is 9. The summed E-state index contributed by atoms with van der Waals surface area (Å²) in [5.41, 5.74) is 6.93. The zero-order valence-corrected chi connectivity index (χ0v) is 24.9. The highest BCUT2D eigenvalue weighted by molar-refractivity contribution is 6.05. The lowest BCUT2D eigenvalue weighted by Crippen LogP contribution is -2.39. The van der Waals surface area contributed by atoms with E-state index in [1.165, 1.54) is 70.8 Å². The van der Waals surface area contributed by atoms with Crippen LogP contribution in [0.2, 0.25) is 0 Å². The Morgan fingerprint density at radius 1 is 0.976 bits per heavy atom. The molecule has 8 nitrogen and oxygen atoms in total. The van der Waals surface area contributed by atoms with E-state index < -0.39 is 0 Å². The molecule has 1 atom stereocenters. The second-order valence-corrected chi connectivity index (χ2v) is 12.9. The van der Waals surface area contributed by atoms with Crippen LogP contribution in [0.4, 0.5) is 5.69 Å². The number of primary amides is 1. The number of carbonyl (C=O) groups is 2. The third-order valence-corrected chi connectivity index (χ3v) is 9.84. The first kappa shape index (κ1) is 29.9. The predicted octanol–water partition coefficient (Wildman–Crippen LogP) is 5.56. The SMILES string of the molecule is C1CCC(C(CC2CCCCN2)C2CCCCC2)CC1.NC(=O)CCCOc1ccc2c(c1)CN1CC(=O)NC1=N2. The molecule has 0 spiro atoms. The average Bonchev–Trinajstić information content (AvgIpc) is 3.37. The van der Waals surface area contributed by atoms with Crippen molar-refractivity contribution in [3.05, 3.63) is 23.8 Å². The number of guanidine groups is 1. The Kier molecular flexibility index (Phi) is 11.0. The highest BCUT2D eigenvalue weighted by Gasteiger charge is 2.33. The molecule has 3 heterocycles. The largest absolute Gasteiger partial charge is 0.494 e. The van der Waals surface area contributed by atoms with Gasteiger partial charge in [-0.1, -0.05) is 70.6 Å². The molecule has 226 valence electrons. The topological polar surface area (TPSA) is 109 Å². The lowest BCUT2D eigenvalue weighted by molar-refractivity contribution is -0.119. The van der Waals surface area contributed by atoms with Crippen molar-refractivity contribution in [2.75, 3.05) is 19.7 Å². The minimum absolute atomic E-state index is 0.0375. The van der Waals surface area contributed by atoms with Crippen LogP contribution in [0.5, 0.6) is 5.75 Å². The van der Waals surface area contributed by atoms with E-state index in [1.54, 1.807) is 25.7 Å². The van der Waals surface area contributed by atoms with Crippen molar-refractivity contribution >= 4 is 23.5 Å².